The van der Waals surface area contributed by atoms with Gasteiger partial charge in [-0.05, 0) is 12.5 Å². The lowest BCUT2D eigenvalue weighted by molar-refractivity contribution is -0.164. The first-order valence-electron chi connectivity index (χ1n) is 6.88. The van der Waals surface area contributed by atoms with Gasteiger partial charge >= 0.3 is 5.97 Å². The molecule has 0 saturated heterocycles. The van der Waals surface area contributed by atoms with Gasteiger partial charge in [0.2, 0.25) is 0 Å². The first kappa shape index (κ1) is 16.1. The molecule has 2 rings (SSSR count). The fourth-order valence-corrected chi connectivity index (χ4v) is 2.74. The lowest BCUT2D eigenvalue weighted by atomic mass is 9.98. The number of rotatable bonds is 5. The van der Waals surface area contributed by atoms with Gasteiger partial charge in [-0.25, -0.2) is 4.79 Å². The van der Waals surface area contributed by atoms with Gasteiger partial charge in [-0.3, -0.25) is 14.5 Å². The Morgan fingerprint density at radius 2 is 2.05 bits per heavy atom. The first-order chi connectivity index (χ1) is 10.4. The summed E-state index contributed by atoms with van der Waals surface area (Å²) in [6, 6.07) is 4.89. The van der Waals surface area contributed by atoms with Crippen LogP contribution in [0.5, 0.6) is 0 Å². The fraction of sp³-hybridized carbons (Fsp3) is 0.400. The van der Waals surface area contributed by atoms with Crippen molar-refractivity contribution >= 4 is 17.7 Å². The van der Waals surface area contributed by atoms with Crippen molar-refractivity contribution in [3.05, 3.63) is 35.4 Å². The highest BCUT2D eigenvalue weighted by Gasteiger charge is 2.54. The molecule has 1 amide bonds. The molecule has 0 fully saturated rings. The second-order valence-corrected chi connectivity index (χ2v) is 4.99. The number of methoxy groups -OCH3 is 1. The summed E-state index contributed by atoms with van der Waals surface area (Å²) in [6.45, 7) is 1.21. The van der Waals surface area contributed by atoms with Gasteiger partial charge in [-0.15, -0.1) is 0 Å². The van der Waals surface area contributed by atoms with Crippen molar-refractivity contribution in [2.24, 2.45) is 5.73 Å². The zero-order valence-electron chi connectivity index (χ0n) is 12.4. The number of hydrogen-bond donors (Lipinski definition) is 2. The second kappa shape index (κ2) is 5.86. The van der Waals surface area contributed by atoms with Crippen molar-refractivity contribution in [1.82, 2.24) is 4.90 Å². The van der Waals surface area contributed by atoms with E-state index in [9.17, 15) is 19.5 Å². The highest BCUT2D eigenvalue weighted by atomic mass is 16.5. The maximum absolute atomic E-state index is 12.6. The van der Waals surface area contributed by atoms with Crippen LogP contribution in [0.2, 0.25) is 0 Å². The molecule has 22 heavy (non-hydrogen) atoms. The minimum Gasteiger partial charge on any atom is -0.467 e. The second-order valence-electron chi connectivity index (χ2n) is 4.99. The van der Waals surface area contributed by atoms with Gasteiger partial charge in [0.1, 0.15) is 0 Å². The Labute approximate surface area is 127 Å². The lowest BCUT2D eigenvalue weighted by Crippen LogP contribution is -2.57. The van der Waals surface area contributed by atoms with Gasteiger partial charge in [-0.1, -0.05) is 25.1 Å². The van der Waals surface area contributed by atoms with Crippen LogP contribution >= 0.6 is 0 Å². The molecule has 0 saturated carbocycles. The molecule has 0 aromatic heterocycles. The Morgan fingerprint density at radius 1 is 1.41 bits per heavy atom. The molecule has 1 aromatic rings. The number of carbonyl (C=O) groups excluding carboxylic acids is 3. The summed E-state index contributed by atoms with van der Waals surface area (Å²) >= 11 is 0. The Balaban J connectivity index is 2.60. The average Bonchev–Trinajstić information content (AvgIpc) is 2.77. The first-order valence-corrected chi connectivity index (χ1v) is 6.88. The van der Waals surface area contributed by atoms with E-state index in [1.807, 2.05) is 0 Å². The van der Waals surface area contributed by atoms with E-state index in [4.69, 9.17) is 5.73 Å². The zero-order chi connectivity index (χ0) is 16.5. The molecule has 2 atom stereocenters. The van der Waals surface area contributed by atoms with Crippen molar-refractivity contribution in [1.29, 1.82) is 0 Å². The van der Waals surface area contributed by atoms with Crippen LogP contribution in [0.3, 0.4) is 0 Å². The number of fused-ring (bicyclic) bond motifs is 1. The molecule has 1 aromatic carbocycles. The summed E-state index contributed by atoms with van der Waals surface area (Å²) in [7, 11) is 1.11. The molecule has 0 radical (unpaired) electrons. The molecule has 7 nitrogen and oxygen atoms in total. The summed E-state index contributed by atoms with van der Waals surface area (Å²) in [6.07, 6.45) is 0.112. The van der Waals surface area contributed by atoms with Crippen LogP contribution in [-0.2, 0) is 20.1 Å². The van der Waals surface area contributed by atoms with Gasteiger partial charge in [0, 0.05) is 11.1 Å². The van der Waals surface area contributed by atoms with E-state index < -0.39 is 36.0 Å². The predicted molar refractivity (Wildman–Crippen MR) is 76.7 cm³/mol. The standard InChI is InChI=1S/C15H18N2O5/c1-3-15(21)10-7-5-4-6-9(10)13(19)17(15)12(11(18)8-16)14(20)22-2/h4-7,12,21H,3,8,16H2,1-2H3/t12-,15?/m0/s1. The minimum absolute atomic E-state index is 0.112. The van der Waals surface area contributed by atoms with Crippen molar-refractivity contribution in [3.63, 3.8) is 0 Å². The van der Waals surface area contributed by atoms with Crippen LogP contribution in [0.25, 0.3) is 0 Å². The highest BCUT2D eigenvalue weighted by molar-refractivity contribution is 6.10. The summed E-state index contributed by atoms with van der Waals surface area (Å²) in [5, 5.41) is 10.9. The molecule has 1 aliphatic rings. The minimum atomic E-state index is -1.75. The number of nitrogens with two attached hydrogens (primary N) is 1. The Kier molecular flexibility index (Phi) is 4.30. The predicted octanol–water partition coefficient (Wildman–Crippen LogP) is -0.233. The molecule has 1 heterocycles. The van der Waals surface area contributed by atoms with Crippen molar-refractivity contribution < 1.29 is 24.2 Å². The third kappa shape index (κ3) is 2.18. The topological polar surface area (TPSA) is 110 Å². The number of amides is 1. The van der Waals surface area contributed by atoms with E-state index in [2.05, 4.69) is 4.74 Å². The van der Waals surface area contributed by atoms with Crippen molar-refractivity contribution in [2.75, 3.05) is 13.7 Å². The van der Waals surface area contributed by atoms with E-state index in [1.165, 1.54) is 0 Å². The van der Waals surface area contributed by atoms with E-state index >= 15 is 0 Å². The van der Waals surface area contributed by atoms with E-state index in [1.54, 1.807) is 31.2 Å². The molecule has 118 valence electrons. The van der Waals surface area contributed by atoms with Gasteiger partial charge < -0.3 is 15.6 Å². The molecule has 1 aliphatic heterocycles. The van der Waals surface area contributed by atoms with Crippen molar-refractivity contribution in [3.8, 4) is 0 Å². The van der Waals surface area contributed by atoms with Crippen LogP contribution in [0.1, 0.15) is 29.3 Å². The smallest absolute Gasteiger partial charge is 0.336 e. The maximum Gasteiger partial charge on any atom is 0.336 e. The highest BCUT2D eigenvalue weighted by Crippen LogP contribution is 2.41. The zero-order valence-corrected chi connectivity index (χ0v) is 12.4. The van der Waals surface area contributed by atoms with Gasteiger partial charge in [0.15, 0.2) is 17.6 Å². The molecule has 7 heteroatoms. The molecule has 3 N–H and O–H groups in total. The number of ether oxygens (including phenoxy) is 1. The van der Waals surface area contributed by atoms with Crippen LogP contribution in [0.15, 0.2) is 24.3 Å². The van der Waals surface area contributed by atoms with Gasteiger partial charge in [-0.2, -0.15) is 0 Å². The van der Waals surface area contributed by atoms with E-state index in [0.29, 0.717) is 5.56 Å². The van der Waals surface area contributed by atoms with Crippen LogP contribution in [-0.4, -0.2) is 47.4 Å². The molecular weight excluding hydrogens is 288 g/mol. The summed E-state index contributed by atoms with van der Waals surface area (Å²) < 4.78 is 4.61. The fourth-order valence-electron chi connectivity index (χ4n) is 2.74. The quantitative estimate of drug-likeness (QED) is 0.574. The normalized spacial score (nSPS) is 21.5. The number of benzene rings is 1. The number of nitrogens with zero attached hydrogens (tertiary/aromatic N) is 1. The van der Waals surface area contributed by atoms with Gasteiger partial charge in [0.05, 0.1) is 13.7 Å². The third-order valence-electron chi connectivity index (χ3n) is 3.89. The number of hydrogen-bond acceptors (Lipinski definition) is 6. The maximum atomic E-state index is 12.6. The third-order valence-corrected chi connectivity index (χ3v) is 3.89. The summed E-state index contributed by atoms with van der Waals surface area (Å²) in [5.74, 6) is -2.22. The van der Waals surface area contributed by atoms with Crippen LogP contribution < -0.4 is 5.73 Å². The lowest BCUT2D eigenvalue weighted by Gasteiger charge is -2.37. The average molecular weight is 306 g/mol. The SMILES string of the molecule is CCC1(O)c2ccccc2C(=O)N1[C@@H](C(=O)CN)C(=O)OC. The Hall–Kier alpha value is -2.25. The number of aliphatic hydroxyl groups is 1. The number of carbonyl (C=O) groups is 3. The number of Topliss-reactive ketones (excluding diaryl/α,β-unsaturated/α-hetero) is 1. The number of ketones is 1. The van der Waals surface area contributed by atoms with Crippen LogP contribution in [0, 0.1) is 0 Å². The molecule has 1 unspecified atom stereocenters. The van der Waals surface area contributed by atoms with Crippen LogP contribution in [0.4, 0.5) is 0 Å². The molecule has 0 spiro atoms. The van der Waals surface area contributed by atoms with Crippen molar-refractivity contribution in [2.45, 2.75) is 25.1 Å². The van der Waals surface area contributed by atoms with E-state index in [-0.39, 0.29) is 12.0 Å². The number of esters is 1. The summed E-state index contributed by atoms with van der Waals surface area (Å²) in [5.41, 5.74) is 4.20. The Bertz CT molecular complexity index is 614. The largest absolute Gasteiger partial charge is 0.467 e. The monoisotopic (exact) mass is 306 g/mol. The van der Waals surface area contributed by atoms with Gasteiger partial charge in [0.25, 0.3) is 5.91 Å². The molecule has 0 aliphatic carbocycles. The molecular formula is C15H18N2O5. The summed E-state index contributed by atoms with van der Waals surface area (Å²) in [4.78, 5) is 37.6. The van der Waals surface area contributed by atoms with E-state index in [0.717, 1.165) is 12.0 Å². The Morgan fingerprint density at radius 3 is 2.59 bits per heavy atom. The molecule has 0 bridgehead atoms.